The number of nitrogen functional groups attached to an aromatic ring is 2. The highest BCUT2D eigenvalue weighted by Gasteiger charge is 2.19. The summed E-state index contributed by atoms with van der Waals surface area (Å²) in [7, 11) is -7.48. The molecule has 0 bridgehead atoms. The first-order valence-electron chi connectivity index (χ1n) is 14.7. The first-order chi connectivity index (χ1) is 23.1. The number of rotatable bonds is 10. The minimum absolute atomic E-state index is 0.146. The zero-order valence-electron chi connectivity index (χ0n) is 25.4. The summed E-state index contributed by atoms with van der Waals surface area (Å²) in [5.41, 5.74) is 14.2. The van der Waals surface area contributed by atoms with Crippen molar-refractivity contribution in [2.45, 2.75) is 19.6 Å². The second-order valence-electron chi connectivity index (χ2n) is 10.8. The molecular formula is C38H30N2O6S2. The second-order valence-corrected chi connectivity index (χ2v) is 14.7. The van der Waals surface area contributed by atoms with E-state index >= 15 is 0 Å². The van der Waals surface area contributed by atoms with Gasteiger partial charge in [0.25, 0.3) is 0 Å². The molecule has 0 aromatic heterocycles. The molecule has 0 aliphatic carbocycles. The SMILES string of the molecule is Nc1ccc(Oc2ccc(S(=O)(=O)c3ccc(C=Cc4ccc(S(=O)(=O)c5ccc(Oc6ccc(N)cc6)cc5)cc4)cc3)cc2)cc1. The zero-order chi connectivity index (χ0) is 33.7. The van der Waals surface area contributed by atoms with Gasteiger partial charge in [-0.1, -0.05) is 36.4 Å². The van der Waals surface area contributed by atoms with Gasteiger partial charge in [0.15, 0.2) is 0 Å². The summed E-state index contributed by atoms with van der Waals surface area (Å²) in [6, 6.07) is 39.3. The van der Waals surface area contributed by atoms with Gasteiger partial charge >= 0.3 is 0 Å². The van der Waals surface area contributed by atoms with E-state index in [2.05, 4.69) is 0 Å². The highest BCUT2D eigenvalue weighted by Crippen LogP contribution is 2.29. The first kappa shape index (κ1) is 32.1. The van der Waals surface area contributed by atoms with Gasteiger partial charge in [-0.05, 0) is 132 Å². The molecule has 240 valence electrons. The van der Waals surface area contributed by atoms with Gasteiger partial charge in [0.1, 0.15) is 23.0 Å². The van der Waals surface area contributed by atoms with Crippen LogP contribution in [0.3, 0.4) is 0 Å². The third-order valence-electron chi connectivity index (χ3n) is 7.35. The van der Waals surface area contributed by atoms with E-state index in [1.807, 2.05) is 12.2 Å². The lowest BCUT2D eigenvalue weighted by Gasteiger charge is -2.09. The van der Waals surface area contributed by atoms with Gasteiger partial charge < -0.3 is 20.9 Å². The molecule has 0 aliphatic heterocycles. The van der Waals surface area contributed by atoms with Crippen LogP contribution in [-0.2, 0) is 19.7 Å². The Kier molecular flexibility index (Phi) is 9.02. The maximum Gasteiger partial charge on any atom is 0.206 e. The van der Waals surface area contributed by atoms with Crippen molar-refractivity contribution in [2.75, 3.05) is 11.5 Å². The molecule has 10 heteroatoms. The summed E-state index contributed by atoms with van der Waals surface area (Å²) in [6.07, 6.45) is 3.64. The fourth-order valence-corrected chi connectivity index (χ4v) is 7.22. The molecule has 0 radical (unpaired) electrons. The molecule has 6 aromatic carbocycles. The maximum absolute atomic E-state index is 13.2. The van der Waals surface area contributed by atoms with E-state index in [-0.39, 0.29) is 19.6 Å². The van der Waals surface area contributed by atoms with E-state index in [1.54, 1.807) is 121 Å². The lowest BCUT2D eigenvalue weighted by atomic mass is 10.1. The number of ether oxygens (including phenoxy) is 2. The molecule has 8 nitrogen and oxygen atoms in total. The summed E-state index contributed by atoms with van der Waals surface area (Å²) < 4.78 is 64.4. The third kappa shape index (κ3) is 7.41. The first-order valence-corrected chi connectivity index (χ1v) is 17.7. The van der Waals surface area contributed by atoms with E-state index in [0.29, 0.717) is 34.4 Å². The summed E-state index contributed by atoms with van der Waals surface area (Å²) >= 11 is 0. The molecule has 0 amide bonds. The van der Waals surface area contributed by atoms with Crippen LogP contribution in [0.5, 0.6) is 23.0 Å². The number of sulfone groups is 2. The molecule has 4 N–H and O–H groups in total. The molecule has 0 fully saturated rings. The highest BCUT2D eigenvalue weighted by atomic mass is 32.2. The molecule has 0 saturated carbocycles. The fraction of sp³-hybridized carbons (Fsp3) is 0. The van der Waals surface area contributed by atoms with Gasteiger partial charge in [0.05, 0.1) is 19.6 Å². The van der Waals surface area contributed by atoms with E-state index in [9.17, 15) is 16.8 Å². The molecule has 0 spiro atoms. The Bertz CT molecular complexity index is 2100. The van der Waals surface area contributed by atoms with Gasteiger partial charge in [-0.2, -0.15) is 0 Å². The Morgan fingerprint density at radius 1 is 0.354 bits per heavy atom. The van der Waals surface area contributed by atoms with Crippen LogP contribution in [0.1, 0.15) is 11.1 Å². The largest absolute Gasteiger partial charge is 0.457 e. The van der Waals surface area contributed by atoms with Crippen LogP contribution in [0, 0.1) is 0 Å². The zero-order valence-corrected chi connectivity index (χ0v) is 27.1. The summed E-state index contributed by atoms with van der Waals surface area (Å²) in [6.45, 7) is 0. The molecule has 6 rings (SSSR count). The fourth-order valence-electron chi connectivity index (χ4n) is 4.70. The van der Waals surface area contributed by atoms with Gasteiger partial charge in [0, 0.05) is 11.4 Å². The third-order valence-corrected chi connectivity index (χ3v) is 10.9. The summed E-state index contributed by atoms with van der Waals surface area (Å²) in [4.78, 5) is 0.610. The van der Waals surface area contributed by atoms with Crippen LogP contribution in [0.4, 0.5) is 11.4 Å². The van der Waals surface area contributed by atoms with E-state index in [1.165, 1.54) is 24.3 Å². The van der Waals surface area contributed by atoms with Crippen molar-refractivity contribution in [1.82, 2.24) is 0 Å². The molecule has 0 aliphatic rings. The quantitative estimate of drug-likeness (QED) is 0.109. The Balaban J connectivity index is 1.08. The topological polar surface area (TPSA) is 139 Å². The average molecular weight is 675 g/mol. The van der Waals surface area contributed by atoms with Crippen molar-refractivity contribution in [3.05, 3.63) is 157 Å². The van der Waals surface area contributed by atoms with Crippen LogP contribution >= 0.6 is 0 Å². The Morgan fingerprint density at radius 2 is 0.583 bits per heavy atom. The Hall–Kier alpha value is -5.84. The molecule has 0 unspecified atom stereocenters. The number of hydrogen-bond acceptors (Lipinski definition) is 8. The lowest BCUT2D eigenvalue weighted by molar-refractivity contribution is 0.482. The van der Waals surface area contributed by atoms with Crippen molar-refractivity contribution < 1.29 is 26.3 Å². The molecule has 0 heterocycles. The lowest BCUT2D eigenvalue weighted by Crippen LogP contribution is -2.02. The van der Waals surface area contributed by atoms with E-state index < -0.39 is 19.7 Å². The van der Waals surface area contributed by atoms with Gasteiger partial charge in [0.2, 0.25) is 19.7 Å². The van der Waals surface area contributed by atoms with Crippen molar-refractivity contribution in [3.63, 3.8) is 0 Å². The van der Waals surface area contributed by atoms with E-state index in [0.717, 1.165) is 11.1 Å². The predicted molar refractivity (Wildman–Crippen MR) is 187 cm³/mol. The molecule has 0 atom stereocenters. The monoisotopic (exact) mass is 674 g/mol. The number of hydrogen-bond donors (Lipinski definition) is 2. The van der Waals surface area contributed by atoms with Crippen LogP contribution in [-0.4, -0.2) is 16.8 Å². The van der Waals surface area contributed by atoms with Crippen LogP contribution in [0.25, 0.3) is 12.2 Å². The average Bonchev–Trinajstić information content (AvgIpc) is 3.10. The van der Waals surface area contributed by atoms with Crippen LogP contribution in [0.15, 0.2) is 165 Å². The van der Waals surface area contributed by atoms with Crippen molar-refractivity contribution in [2.24, 2.45) is 0 Å². The Labute approximate surface area is 279 Å². The van der Waals surface area contributed by atoms with Crippen LogP contribution in [0.2, 0.25) is 0 Å². The molecular weight excluding hydrogens is 645 g/mol. The van der Waals surface area contributed by atoms with Crippen molar-refractivity contribution in [1.29, 1.82) is 0 Å². The summed E-state index contributed by atoms with van der Waals surface area (Å²) in [5.74, 6) is 2.18. The maximum atomic E-state index is 13.2. The Morgan fingerprint density at radius 3 is 0.854 bits per heavy atom. The number of nitrogens with two attached hydrogens (primary N) is 2. The van der Waals surface area contributed by atoms with Gasteiger partial charge in [-0.25, -0.2) is 16.8 Å². The van der Waals surface area contributed by atoms with Crippen LogP contribution < -0.4 is 20.9 Å². The highest BCUT2D eigenvalue weighted by molar-refractivity contribution is 7.91. The molecule has 6 aromatic rings. The van der Waals surface area contributed by atoms with Crippen molar-refractivity contribution in [3.8, 4) is 23.0 Å². The van der Waals surface area contributed by atoms with Gasteiger partial charge in [-0.3, -0.25) is 0 Å². The molecule has 48 heavy (non-hydrogen) atoms. The second kappa shape index (κ2) is 13.5. The summed E-state index contributed by atoms with van der Waals surface area (Å²) in [5, 5.41) is 0. The molecule has 0 saturated heterocycles. The van der Waals surface area contributed by atoms with Gasteiger partial charge in [-0.15, -0.1) is 0 Å². The van der Waals surface area contributed by atoms with Crippen molar-refractivity contribution >= 4 is 43.2 Å². The minimum Gasteiger partial charge on any atom is -0.457 e. The predicted octanol–water partition coefficient (Wildman–Crippen LogP) is 8.27. The smallest absolute Gasteiger partial charge is 0.206 e. The van der Waals surface area contributed by atoms with E-state index in [4.69, 9.17) is 20.9 Å². The normalized spacial score (nSPS) is 11.8. The number of anilines is 2. The standard InChI is InChI=1S/C38H30N2O6S2/c39-29-7-11-31(12-8-29)45-33-15-23-37(24-16-33)47(41,42)35-19-3-27(4-20-35)1-2-28-5-21-36(22-6-28)48(43,44)38-25-17-34(18-26-38)46-32-13-9-30(40)10-14-32/h1-26H,39-40H2. The minimum atomic E-state index is -3.74. The number of benzene rings is 6.